The number of rotatable bonds is 5. The highest BCUT2D eigenvalue weighted by Crippen LogP contribution is 2.35. The van der Waals surface area contributed by atoms with Crippen LogP contribution >= 0.6 is 0 Å². The van der Waals surface area contributed by atoms with E-state index < -0.39 is 46.2 Å². The quantitative estimate of drug-likeness (QED) is 0.543. The fourth-order valence-electron chi connectivity index (χ4n) is 4.13. The average Bonchev–Trinajstić information content (AvgIpc) is 2.78. The molecule has 33 heavy (non-hydrogen) atoms. The molecule has 1 saturated heterocycles. The number of pyridine rings is 1. The van der Waals surface area contributed by atoms with Crippen LogP contribution in [0, 0.1) is 5.82 Å². The molecule has 1 fully saturated rings. The van der Waals surface area contributed by atoms with Crippen LogP contribution in [0.2, 0.25) is 0 Å². The first-order valence-electron chi connectivity index (χ1n) is 10.4. The molecule has 1 aliphatic heterocycles. The van der Waals surface area contributed by atoms with E-state index in [0.29, 0.717) is 11.0 Å². The van der Waals surface area contributed by atoms with Crippen LogP contribution in [0.25, 0.3) is 11.0 Å². The predicted molar refractivity (Wildman–Crippen MR) is 119 cm³/mol. The fraction of sp³-hybridized carbons (Fsp3) is 0.409. The second-order valence-corrected chi connectivity index (χ2v) is 9.87. The van der Waals surface area contributed by atoms with Crippen molar-refractivity contribution in [2.24, 2.45) is 7.05 Å². The van der Waals surface area contributed by atoms with Crippen molar-refractivity contribution >= 4 is 28.0 Å². The molecular weight excluding hydrogens is 457 g/mol. The zero-order valence-corrected chi connectivity index (χ0v) is 18.8. The van der Waals surface area contributed by atoms with E-state index in [2.05, 4.69) is 15.3 Å². The highest BCUT2D eigenvalue weighted by atomic mass is 32.2. The molecule has 3 aromatic rings. The number of nitrogens with one attached hydrogen (secondary N) is 1. The molecule has 1 aromatic carbocycles. The highest BCUT2D eigenvalue weighted by molar-refractivity contribution is 7.91. The Balaban J connectivity index is 1.77. The maximum Gasteiger partial charge on any atom is 0.266 e. The number of anilines is 1. The first kappa shape index (κ1) is 23.5. The van der Waals surface area contributed by atoms with E-state index in [1.165, 1.54) is 36.1 Å². The molecule has 0 unspecified atom stereocenters. The Morgan fingerprint density at radius 1 is 1.24 bits per heavy atom. The molecule has 176 valence electrons. The van der Waals surface area contributed by atoms with E-state index in [1.807, 2.05) is 0 Å². The zero-order chi connectivity index (χ0) is 23.9. The van der Waals surface area contributed by atoms with Crippen molar-refractivity contribution in [1.82, 2.24) is 14.5 Å². The van der Waals surface area contributed by atoms with E-state index in [1.54, 1.807) is 6.92 Å². The third-order valence-electron chi connectivity index (χ3n) is 6.11. The number of aliphatic hydroxyl groups is 1. The average molecular weight is 481 g/mol. The monoisotopic (exact) mass is 480 g/mol. The van der Waals surface area contributed by atoms with Gasteiger partial charge in [0.15, 0.2) is 0 Å². The summed E-state index contributed by atoms with van der Waals surface area (Å²) in [5.74, 6) is -0.173. The summed E-state index contributed by atoms with van der Waals surface area (Å²) in [5.41, 5.74) is -2.07. The molecule has 0 aliphatic carbocycles. The maximum absolute atomic E-state index is 14.6. The Kier molecular flexibility index (Phi) is 6.39. The summed E-state index contributed by atoms with van der Waals surface area (Å²) in [6.45, 7) is 1.61. The summed E-state index contributed by atoms with van der Waals surface area (Å²) in [4.78, 5) is 21.4. The van der Waals surface area contributed by atoms with Gasteiger partial charge in [0.05, 0.1) is 22.6 Å². The summed E-state index contributed by atoms with van der Waals surface area (Å²) in [6.07, 6.45) is -1.35. The van der Waals surface area contributed by atoms with Crippen LogP contribution < -0.4 is 10.9 Å². The lowest BCUT2D eigenvalue weighted by Gasteiger charge is -2.33. The standard InChI is InChI=1S/C22H23F3N4O3S/c1-12(13-4-3-5-14(17(13)23)18(24)25)28-19-15-10-16(22(31)6-8-33(32)9-7-22)21(30)29(2)20(15)27-11-26-19/h3-5,10-12,18,31H,6-9H2,1-2H3,(H,26,27,28)/t12-,22?,33?/m1/s1. The van der Waals surface area contributed by atoms with Crippen LogP contribution in [0.3, 0.4) is 0 Å². The summed E-state index contributed by atoms with van der Waals surface area (Å²) in [5, 5.41) is 14.6. The van der Waals surface area contributed by atoms with Gasteiger partial charge in [-0.3, -0.25) is 9.36 Å². The molecule has 2 aromatic heterocycles. The molecule has 0 saturated carbocycles. The molecule has 1 aliphatic rings. The Labute approximate surface area is 190 Å². The van der Waals surface area contributed by atoms with Gasteiger partial charge in [-0.1, -0.05) is 29.4 Å². The molecule has 4 rings (SSSR count). The zero-order valence-electron chi connectivity index (χ0n) is 18.0. The lowest BCUT2D eigenvalue weighted by molar-refractivity contribution is 0.0248. The van der Waals surface area contributed by atoms with Gasteiger partial charge in [-0.15, -0.1) is 0 Å². The van der Waals surface area contributed by atoms with Gasteiger partial charge in [0.25, 0.3) is 12.0 Å². The topological polar surface area (TPSA) is 103 Å². The number of fused-ring (bicyclic) bond motifs is 1. The lowest BCUT2D eigenvalue weighted by atomic mass is 9.88. The first-order chi connectivity index (χ1) is 15.6. The Hall–Kier alpha value is -2.63. The molecule has 1 atom stereocenters. The SMILES string of the molecule is C[C@@H](Nc1ncnc2c1cc(C1(O)CC[S+]([O-])CC1)c(=O)n2C)c1cccc(C(F)F)c1F. The van der Waals surface area contributed by atoms with Crippen LogP contribution in [-0.2, 0) is 23.8 Å². The normalized spacial score (nSPS) is 22.0. The van der Waals surface area contributed by atoms with Gasteiger partial charge in [-0.25, -0.2) is 23.1 Å². The number of halogens is 3. The van der Waals surface area contributed by atoms with Crippen LogP contribution in [0.1, 0.15) is 48.9 Å². The Morgan fingerprint density at radius 2 is 1.91 bits per heavy atom. The summed E-state index contributed by atoms with van der Waals surface area (Å²) < 4.78 is 53.9. The molecule has 0 bridgehead atoms. The van der Waals surface area contributed by atoms with E-state index in [-0.39, 0.29) is 41.3 Å². The van der Waals surface area contributed by atoms with Crippen LogP contribution in [-0.4, -0.2) is 35.7 Å². The van der Waals surface area contributed by atoms with Gasteiger partial charge < -0.3 is 15.0 Å². The third kappa shape index (κ3) is 4.32. The van der Waals surface area contributed by atoms with Crippen molar-refractivity contribution in [2.75, 3.05) is 16.8 Å². The molecule has 2 N–H and O–H groups in total. The number of nitrogens with zero attached hydrogens (tertiary/aromatic N) is 3. The van der Waals surface area contributed by atoms with Crippen LogP contribution in [0.15, 0.2) is 35.4 Å². The van der Waals surface area contributed by atoms with Crippen molar-refractivity contribution in [3.63, 3.8) is 0 Å². The van der Waals surface area contributed by atoms with E-state index >= 15 is 0 Å². The minimum absolute atomic E-state index is 0.0398. The Bertz CT molecular complexity index is 1250. The van der Waals surface area contributed by atoms with E-state index in [0.717, 1.165) is 6.07 Å². The third-order valence-corrected chi connectivity index (χ3v) is 7.42. The molecule has 11 heteroatoms. The van der Waals surface area contributed by atoms with Gasteiger partial charge in [-0.05, 0) is 13.0 Å². The van der Waals surface area contributed by atoms with Crippen molar-refractivity contribution < 1.29 is 22.8 Å². The second kappa shape index (κ2) is 8.96. The number of aromatic nitrogens is 3. The lowest BCUT2D eigenvalue weighted by Crippen LogP contribution is -2.42. The van der Waals surface area contributed by atoms with E-state index in [4.69, 9.17) is 0 Å². The number of alkyl halides is 2. The molecule has 0 radical (unpaired) electrons. The predicted octanol–water partition coefficient (Wildman–Crippen LogP) is 3.31. The highest BCUT2D eigenvalue weighted by Gasteiger charge is 2.39. The number of hydrogen-bond acceptors (Lipinski definition) is 6. The van der Waals surface area contributed by atoms with E-state index in [9.17, 15) is 27.6 Å². The van der Waals surface area contributed by atoms with Crippen molar-refractivity contribution in [3.05, 3.63) is 63.5 Å². The largest absolute Gasteiger partial charge is 0.616 e. The summed E-state index contributed by atoms with van der Waals surface area (Å²) in [7, 11) is 1.52. The first-order valence-corrected chi connectivity index (χ1v) is 11.9. The van der Waals surface area contributed by atoms with Gasteiger partial charge in [0, 0.05) is 25.5 Å². The second-order valence-electron chi connectivity index (χ2n) is 8.18. The van der Waals surface area contributed by atoms with Crippen molar-refractivity contribution in [2.45, 2.75) is 37.8 Å². The molecule has 0 amide bonds. The number of aryl methyl sites for hydroxylation is 1. The van der Waals surface area contributed by atoms with Gasteiger partial charge >= 0.3 is 0 Å². The minimum Gasteiger partial charge on any atom is -0.616 e. The van der Waals surface area contributed by atoms with Gasteiger partial charge in [0.2, 0.25) is 0 Å². The van der Waals surface area contributed by atoms with Gasteiger partial charge in [0.1, 0.15) is 40.7 Å². The number of benzene rings is 1. The molecule has 7 nitrogen and oxygen atoms in total. The maximum atomic E-state index is 14.6. The minimum atomic E-state index is -2.94. The molecule has 3 heterocycles. The summed E-state index contributed by atoms with van der Waals surface area (Å²) >= 11 is -1.04. The van der Waals surface area contributed by atoms with Crippen LogP contribution in [0.5, 0.6) is 0 Å². The Morgan fingerprint density at radius 3 is 2.58 bits per heavy atom. The molecular formula is C22H23F3N4O3S. The van der Waals surface area contributed by atoms with Crippen LogP contribution in [0.4, 0.5) is 19.0 Å². The van der Waals surface area contributed by atoms with Crippen molar-refractivity contribution in [3.8, 4) is 0 Å². The molecule has 0 spiro atoms. The fourth-order valence-corrected chi connectivity index (χ4v) is 5.47. The smallest absolute Gasteiger partial charge is 0.266 e. The van der Waals surface area contributed by atoms with Crippen molar-refractivity contribution in [1.29, 1.82) is 0 Å². The van der Waals surface area contributed by atoms with Gasteiger partial charge in [-0.2, -0.15) is 0 Å². The number of hydrogen-bond donors (Lipinski definition) is 2. The summed E-state index contributed by atoms with van der Waals surface area (Å²) in [6, 6.07) is 4.58.